The lowest BCUT2D eigenvalue weighted by molar-refractivity contribution is -0.132. The van der Waals surface area contributed by atoms with Crippen molar-refractivity contribution in [1.29, 1.82) is 0 Å². The highest BCUT2D eigenvalue weighted by Crippen LogP contribution is 2.32. The predicted molar refractivity (Wildman–Crippen MR) is 161 cm³/mol. The Bertz CT molecular complexity index is 1010. The Morgan fingerprint density at radius 3 is 2.27 bits per heavy atom. The number of carbonyl (C=O) groups excluding carboxylic acids is 1. The molecule has 1 aliphatic heterocycles. The Balaban J connectivity index is 0.000000604. The molecule has 1 heterocycles. The van der Waals surface area contributed by atoms with Gasteiger partial charge in [0, 0.05) is 28.7 Å². The van der Waals surface area contributed by atoms with Gasteiger partial charge in [-0.05, 0) is 100.0 Å². The lowest BCUT2D eigenvalue weighted by Crippen LogP contribution is -2.37. The fourth-order valence-electron chi connectivity index (χ4n) is 4.35. The summed E-state index contributed by atoms with van der Waals surface area (Å²) in [7, 11) is 1.84. The minimum atomic E-state index is -0.300. The molecule has 0 aliphatic carbocycles. The molecule has 1 fully saturated rings. The summed E-state index contributed by atoms with van der Waals surface area (Å²) in [6.07, 6.45) is 7.24. The molecule has 2 aromatic rings. The third kappa shape index (κ3) is 11.2. The zero-order chi connectivity index (χ0) is 27.4. The van der Waals surface area contributed by atoms with Gasteiger partial charge < -0.3 is 9.80 Å². The molecular weight excluding hydrogens is 523 g/mol. The van der Waals surface area contributed by atoms with Crippen LogP contribution in [0.3, 0.4) is 0 Å². The van der Waals surface area contributed by atoms with Crippen LogP contribution in [0.5, 0.6) is 0 Å². The van der Waals surface area contributed by atoms with Gasteiger partial charge >= 0.3 is 0 Å². The lowest BCUT2D eigenvalue weighted by Gasteiger charge is -2.32. The van der Waals surface area contributed by atoms with Crippen LogP contribution in [0.2, 0.25) is 15.1 Å². The number of rotatable bonds is 10. The van der Waals surface area contributed by atoms with E-state index in [1.807, 2.05) is 56.4 Å². The Kier molecular flexibility index (Phi) is 13.8. The minimum absolute atomic E-state index is 0.0690. The molecule has 2 aromatic carbocycles. The van der Waals surface area contributed by atoms with Crippen molar-refractivity contribution < 1.29 is 4.79 Å². The van der Waals surface area contributed by atoms with E-state index in [0.717, 1.165) is 55.9 Å². The molecule has 1 unspecified atom stereocenters. The van der Waals surface area contributed by atoms with Gasteiger partial charge in [0.15, 0.2) is 0 Å². The normalized spacial score (nSPS) is 14.9. The van der Waals surface area contributed by atoms with Gasteiger partial charge in [-0.3, -0.25) is 4.79 Å². The number of carbonyl (C=O) groups is 1. The Labute approximate surface area is 239 Å². The number of piperidine rings is 1. The summed E-state index contributed by atoms with van der Waals surface area (Å²) in [6.45, 7) is 15.3. The molecule has 6 heteroatoms. The molecule has 0 aromatic heterocycles. The molecule has 0 bridgehead atoms. The molecule has 3 rings (SSSR count). The van der Waals surface area contributed by atoms with Crippen LogP contribution in [0.25, 0.3) is 0 Å². The van der Waals surface area contributed by atoms with E-state index in [1.54, 1.807) is 11.0 Å². The van der Waals surface area contributed by atoms with E-state index in [-0.39, 0.29) is 11.8 Å². The highest BCUT2D eigenvalue weighted by Gasteiger charge is 2.27. The van der Waals surface area contributed by atoms with Crippen molar-refractivity contribution in [2.75, 3.05) is 26.7 Å². The van der Waals surface area contributed by atoms with E-state index in [9.17, 15) is 4.79 Å². The van der Waals surface area contributed by atoms with Crippen LogP contribution in [-0.4, -0.2) is 42.4 Å². The zero-order valence-corrected chi connectivity index (χ0v) is 24.8. The number of hydrogen-bond acceptors (Lipinski definition) is 2. The van der Waals surface area contributed by atoms with Crippen molar-refractivity contribution in [3.05, 3.63) is 93.5 Å². The molecule has 1 amide bonds. The van der Waals surface area contributed by atoms with Crippen molar-refractivity contribution in [3.8, 4) is 0 Å². The average Bonchev–Trinajstić information content (AvgIpc) is 2.86. The number of amides is 1. The van der Waals surface area contributed by atoms with Gasteiger partial charge in [-0.2, -0.15) is 0 Å². The van der Waals surface area contributed by atoms with Gasteiger partial charge in [0.25, 0.3) is 0 Å². The third-order valence-corrected chi connectivity index (χ3v) is 7.55. The second kappa shape index (κ2) is 16.2. The first kappa shape index (κ1) is 31.4. The monoisotopic (exact) mass is 562 g/mol. The van der Waals surface area contributed by atoms with Crippen LogP contribution in [0.1, 0.15) is 63.0 Å². The number of halogens is 3. The number of likely N-dealkylation sites (tertiary alicyclic amines) is 1. The van der Waals surface area contributed by atoms with Gasteiger partial charge in [-0.1, -0.05) is 71.6 Å². The van der Waals surface area contributed by atoms with E-state index >= 15 is 0 Å². The molecule has 1 atom stereocenters. The Morgan fingerprint density at radius 2 is 1.73 bits per heavy atom. The van der Waals surface area contributed by atoms with Crippen molar-refractivity contribution in [2.24, 2.45) is 5.92 Å². The van der Waals surface area contributed by atoms with Gasteiger partial charge in [-0.15, -0.1) is 13.2 Å². The summed E-state index contributed by atoms with van der Waals surface area (Å²) in [5.41, 5.74) is 3.13. The smallest absolute Gasteiger partial charge is 0.230 e. The summed E-state index contributed by atoms with van der Waals surface area (Å²) >= 11 is 18.6. The maximum absolute atomic E-state index is 13.5. The molecule has 3 nitrogen and oxygen atoms in total. The van der Waals surface area contributed by atoms with Gasteiger partial charge in [0.2, 0.25) is 5.91 Å². The number of hydrogen-bond donors (Lipinski definition) is 0. The van der Waals surface area contributed by atoms with E-state index in [2.05, 4.69) is 25.0 Å². The zero-order valence-electron chi connectivity index (χ0n) is 22.5. The SMILES string of the molecule is C=CCCC(=C)C.CC1CCN(CCC(C(=O)N(C)Cc2ccc(Cl)cc2)c2ccc(Cl)cc2Cl)CC1. The van der Waals surface area contributed by atoms with E-state index in [1.165, 1.54) is 18.4 Å². The Hall–Kier alpha value is -1.78. The third-order valence-electron chi connectivity index (χ3n) is 6.73. The Morgan fingerprint density at radius 1 is 1.11 bits per heavy atom. The number of allylic oxidation sites excluding steroid dienone is 2. The maximum atomic E-state index is 13.5. The molecule has 0 saturated carbocycles. The summed E-state index contributed by atoms with van der Waals surface area (Å²) in [5, 5.41) is 1.82. The standard InChI is InChI=1S/C24H29Cl3N2O.C7H12/c1-17-9-12-29(13-10-17)14-11-22(21-8-7-20(26)15-23(21)27)24(30)28(2)16-18-3-5-19(25)6-4-18;1-4-5-6-7(2)3/h3-8,15,17,22H,9-14,16H2,1-2H3;4H,1-2,5-6H2,3H3. The summed E-state index contributed by atoms with van der Waals surface area (Å²) in [6, 6.07) is 13.0. The first-order valence-electron chi connectivity index (χ1n) is 13.0. The van der Waals surface area contributed by atoms with E-state index < -0.39 is 0 Å². The molecule has 202 valence electrons. The second-order valence-electron chi connectivity index (χ2n) is 10.1. The highest BCUT2D eigenvalue weighted by atomic mass is 35.5. The molecule has 37 heavy (non-hydrogen) atoms. The fourth-order valence-corrected chi connectivity index (χ4v) is 5.02. The topological polar surface area (TPSA) is 23.6 Å². The second-order valence-corrected chi connectivity index (χ2v) is 11.4. The van der Waals surface area contributed by atoms with E-state index in [4.69, 9.17) is 34.8 Å². The maximum Gasteiger partial charge on any atom is 0.230 e. The van der Waals surface area contributed by atoms with Crippen molar-refractivity contribution in [1.82, 2.24) is 9.80 Å². The minimum Gasteiger partial charge on any atom is -0.341 e. The summed E-state index contributed by atoms with van der Waals surface area (Å²) in [5.74, 6) is 0.556. The van der Waals surface area contributed by atoms with Crippen LogP contribution in [-0.2, 0) is 11.3 Å². The van der Waals surface area contributed by atoms with Crippen LogP contribution < -0.4 is 0 Å². The fraction of sp³-hybridized carbons (Fsp3) is 0.452. The highest BCUT2D eigenvalue weighted by molar-refractivity contribution is 6.35. The van der Waals surface area contributed by atoms with Gasteiger partial charge in [0.05, 0.1) is 5.92 Å². The summed E-state index contributed by atoms with van der Waals surface area (Å²) in [4.78, 5) is 17.7. The molecule has 0 N–H and O–H groups in total. The largest absolute Gasteiger partial charge is 0.341 e. The van der Waals surface area contributed by atoms with Crippen molar-refractivity contribution in [3.63, 3.8) is 0 Å². The van der Waals surface area contributed by atoms with Crippen molar-refractivity contribution >= 4 is 40.7 Å². The van der Waals surface area contributed by atoms with Crippen molar-refractivity contribution in [2.45, 2.75) is 58.4 Å². The predicted octanol–water partition coefficient (Wildman–Crippen LogP) is 9.04. The number of nitrogens with zero attached hydrogens (tertiary/aromatic N) is 2. The molecule has 1 aliphatic rings. The molecule has 1 saturated heterocycles. The van der Waals surface area contributed by atoms with Crippen LogP contribution in [0, 0.1) is 5.92 Å². The quantitative estimate of drug-likeness (QED) is 0.269. The van der Waals surface area contributed by atoms with E-state index in [0.29, 0.717) is 21.6 Å². The van der Waals surface area contributed by atoms with Crippen LogP contribution >= 0.6 is 34.8 Å². The molecule has 0 spiro atoms. The number of benzene rings is 2. The first-order chi connectivity index (χ1) is 17.6. The number of likely N-dealkylation sites (N-methyl/N-ethyl adjacent to an activating group) is 1. The van der Waals surface area contributed by atoms with Gasteiger partial charge in [0.1, 0.15) is 0 Å². The van der Waals surface area contributed by atoms with Crippen LogP contribution in [0.4, 0.5) is 0 Å². The van der Waals surface area contributed by atoms with Gasteiger partial charge in [-0.25, -0.2) is 0 Å². The molecular formula is C31H41Cl3N2O. The first-order valence-corrected chi connectivity index (χ1v) is 14.2. The average molecular weight is 564 g/mol. The van der Waals surface area contributed by atoms with Crippen LogP contribution in [0.15, 0.2) is 67.3 Å². The lowest BCUT2D eigenvalue weighted by atomic mass is 9.92. The summed E-state index contributed by atoms with van der Waals surface area (Å²) < 4.78 is 0. The molecule has 0 radical (unpaired) electrons.